The monoisotopic (exact) mass is 414 g/mol. The van der Waals surface area contributed by atoms with Gasteiger partial charge in [0.15, 0.2) is 0 Å². The van der Waals surface area contributed by atoms with Crippen LogP contribution in [0.5, 0.6) is 0 Å². The fourth-order valence-electron chi connectivity index (χ4n) is 2.37. The number of nitrogens with zero attached hydrogens (tertiary/aromatic N) is 1. The van der Waals surface area contributed by atoms with Gasteiger partial charge in [-0.1, -0.05) is 79.3 Å². The Kier molecular flexibility index (Phi) is 17.5. The van der Waals surface area contributed by atoms with E-state index in [4.69, 9.17) is 4.74 Å². The summed E-state index contributed by atoms with van der Waals surface area (Å²) in [6.45, 7) is 5.63. The zero-order valence-electron chi connectivity index (χ0n) is 20.0. The lowest BCUT2D eigenvalue weighted by Gasteiger charge is -2.23. The normalized spacial score (nSPS) is 13.7. The van der Waals surface area contributed by atoms with Crippen LogP contribution in [0.3, 0.4) is 0 Å². The van der Waals surface area contributed by atoms with Crippen molar-refractivity contribution >= 4 is 5.97 Å². The van der Waals surface area contributed by atoms with Gasteiger partial charge < -0.3 is 9.22 Å². The fourth-order valence-corrected chi connectivity index (χ4v) is 2.37. The second-order valence-electron chi connectivity index (χ2n) is 8.40. The fraction of sp³-hybridized carbons (Fsp3) is 0.519. The van der Waals surface area contributed by atoms with Crippen molar-refractivity contribution in [3.63, 3.8) is 0 Å². The Bertz CT molecular complexity index is 613. The van der Waals surface area contributed by atoms with E-state index >= 15 is 0 Å². The molecule has 30 heavy (non-hydrogen) atoms. The zero-order chi connectivity index (χ0) is 22.5. The molecule has 3 heteroatoms. The number of carbonyl (C=O) groups is 1. The van der Waals surface area contributed by atoms with Crippen molar-refractivity contribution in [2.45, 2.75) is 58.8 Å². The molecule has 0 radical (unpaired) electrons. The number of likely N-dealkylation sites (N-methyl/N-ethyl adjacent to an activating group) is 1. The smallest absolute Gasteiger partial charge is 0.309 e. The van der Waals surface area contributed by atoms with Gasteiger partial charge in [0.25, 0.3) is 0 Å². The minimum absolute atomic E-state index is 0.153. The molecule has 0 heterocycles. The Hall–Kier alpha value is -2.13. The first kappa shape index (κ1) is 27.9. The number of esters is 1. The van der Waals surface area contributed by atoms with Gasteiger partial charge in [-0.05, 0) is 45.4 Å². The van der Waals surface area contributed by atoms with E-state index in [-0.39, 0.29) is 5.97 Å². The van der Waals surface area contributed by atoms with Crippen LogP contribution in [0.4, 0.5) is 0 Å². The van der Waals surface area contributed by atoms with Crippen molar-refractivity contribution in [3.05, 3.63) is 72.4 Å². The van der Waals surface area contributed by atoms with Gasteiger partial charge in [0, 0.05) is 0 Å². The molecule has 0 amide bonds. The second kappa shape index (κ2) is 18.9. The van der Waals surface area contributed by atoms with Gasteiger partial charge in [-0.25, -0.2) is 0 Å². The number of ether oxygens (including phenoxy) is 1. The van der Waals surface area contributed by atoms with E-state index in [9.17, 15) is 4.79 Å². The highest BCUT2D eigenvalue weighted by Gasteiger charge is 2.08. The van der Waals surface area contributed by atoms with Gasteiger partial charge in [0.1, 0.15) is 13.2 Å². The molecule has 0 rings (SSSR count). The Morgan fingerprint density at radius 2 is 1.23 bits per heavy atom. The number of allylic oxidation sites excluding steroid dienone is 11. The van der Waals surface area contributed by atoms with Crippen LogP contribution >= 0.6 is 0 Å². The van der Waals surface area contributed by atoms with Crippen molar-refractivity contribution in [1.82, 2.24) is 0 Å². The van der Waals surface area contributed by atoms with E-state index in [2.05, 4.69) is 89.7 Å². The summed E-state index contributed by atoms with van der Waals surface area (Å²) >= 11 is 0. The lowest BCUT2D eigenvalue weighted by atomic mass is 10.1. The molecule has 0 bridgehead atoms. The maximum absolute atomic E-state index is 11.6. The molecular formula is C27H44NO2+. The summed E-state index contributed by atoms with van der Waals surface area (Å²) in [6, 6.07) is 0. The summed E-state index contributed by atoms with van der Waals surface area (Å²) in [5.41, 5.74) is 1.38. The van der Waals surface area contributed by atoms with Crippen LogP contribution < -0.4 is 0 Å². The number of carbonyl (C=O) groups excluding carboxylic acids is 1. The van der Waals surface area contributed by atoms with Crippen molar-refractivity contribution in [2.24, 2.45) is 0 Å². The third-order valence-corrected chi connectivity index (χ3v) is 4.24. The molecule has 0 aromatic carbocycles. The van der Waals surface area contributed by atoms with Crippen molar-refractivity contribution in [1.29, 1.82) is 0 Å². The van der Waals surface area contributed by atoms with E-state index < -0.39 is 0 Å². The van der Waals surface area contributed by atoms with Gasteiger partial charge in [0.05, 0.1) is 27.6 Å². The highest BCUT2D eigenvalue weighted by Crippen LogP contribution is 2.04. The highest BCUT2D eigenvalue weighted by molar-refractivity contribution is 5.71. The molecule has 0 spiro atoms. The quantitative estimate of drug-likeness (QED) is 0.159. The molecule has 0 aliphatic rings. The number of hydrogen-bond acceptors (Lipinski definition) is 2. The maximum Gasteiger partial charge on any atom is 0.309 e. The van der Waals surface area contributed by atoms with Gasteiger partial charge in [0.2, 0.25) is 0 Å². The molecular weight excluding hydrogens is 370 g/mol. The number of hydrogen-bond donors (Lipinski definition) is 0. The molecule has 0 unspecified atom stereocenters. The minimum atomic E-state index is -0.153. The SMILES string of the molecule is CC/C=C\C/C=C\C/C=C\C/C=C(/C)C/C=C\C/C=C\CC(=O)OCC[N+](C)(C)C. The second-order valence-corrected chi connectivity index (χ2v) is 8.40. The van der Waals surface area contributed by atoms with E-state index in [1.54, 1.807) is 0 Å². The molecule has 0 aliphatic heterocycles. The molecule has 0 saturated carbocycles. The Labute approximate surface area is 185 Å². The van der Waals surface area contributed by atoms with Crippen LogP contribution in [0.15, 0.2) is 72.4 Å². The number of quaternary nitrogens is 1. The largest absolute Gasteiger partial charge is 0.459 e. The molecule has 0 N–H and O–H groups in total. The van der Waals surface area contributed by atoms with E-state index in [1.165, 1.54) is 5.57 Å². The Morgan fingerprint density at radius 3 is 1.80 bits per heavy atom. The molecule has 0 aliphatic carbocycles. The summed E-state index contributed by atoms with van der Waals surface area (Å²) in [4.78, 5) is 11.6. The van der Waals surface area contributed by atoms with Gasteiger partial charge in [-0.15, -0.1) is 0 Å². The predicted octanol–water partition coefficient (Wildman–Crippen LogP) is 6.71. The third kappa shape index (κ3) is 22.2. The molecule has 168 valence electrons. The predicted molar refractivity (Wildman–Crippen MR) is 131 cm³/mol. The molecule has 0 saturated heterocycles. The van der Waals surface area contributed by atoms with Crippen LogP contribution in [-0.2, 0) is 9.53 Å². The molecule has 0 aromatic rings. The van der Waals surface area contributed by atoms with Gasteiger partial charge in [-0.3, -0.25) is 4.79 Å². The first-order valence-electron chi connectivity index (χ1n) is 11.2. The van der Waals surface area contributed by atoms with Gasteiger partial charge >= 0.3 is 5.97 Å². The number of rotatable bonds is 16. The minimum Gasteiger partial charge on any atom is -0.459 e. The van der Waals surface area contributed by atoms with Crippen LogP contribution in [0.2, 0.25) is 0 Å². The van der Waals surface area contributed by atoms with E-state index in [0.29, 0.717) is 13.0 Å². The average Bonchev–Trinajstić information content (AvgIpc) is 2.67. The summed E-state index contributed by atoms with van der Waals surface area (Å²) < 4.78 is 6.02. The van der Waals surface area contributed by atoms with Crippen LogP contribution in [0, 0.1) is 0 Å². The Morgan fingerprint density at radius 1 is 0.733 bits per heavy atom. The Balaban J connectivity index is 3.81. The molecule has 0 aromatic heterocycles. The van der Waals surface area contributed by atoms with Crippen molar-refractivity contribution < 1.29 is 14.0 Å². The summed E-state index contributed by atoms with van der Waals surface area (Å²) in [7, 11) is 6.25. The average molecular weight is 415 g/mol. The highest BCUT2D eigenvalue weighted by atomic mass is 16.5. The standard InChI is InChI=1S/C27H44NO2/c1-6-7-8-9-10-11-12-13-15-18-21-26(2)22-19-16-14-17-20-23-27(29)30-25-24-28(3,4)5/h7-8,10-11,13,15-17,19-21H,6,9,12,14,18,22-25H2,1-5H3/q+1/b8-7-,11-10-,15-13-,19-16-,20-17-,26-21-. The molecule has 0 atom stereocenters. The lowest BCUT2D eigenvalue weighted by Crippen LogP contribution is -2.37. The molecule has 3 nitrogen and oxygen atoms in total. The summed E-state index contributed by atoms with van der Waals surface area (Å²) in [6.07, 6.45) is 30.1. The van der Waals surface area contributed by atoms with Crippen LogP contribution in [-0.4, -0.2) is 44.7 Å². The van der Waals surface area contributed by atoms with Crippen molar-refractivity contribution in [2.75, 3.05) is 34.3 Å². The first-order chi connectivity index (χ1) is 14.3. The van der Waals surface area contributed by atoms with Crippen LogP contribution in [0.1, 0.15) is 58.8 Å². The van der Waals surface area contributed by atoms with Crippen LogP contribution in [0.25, 0.3) is 0 Å². The molecule has 0 fully saturated rings. The topological polar surface area (TPSA) is 26.3 Å². The van der Waals surface area contributed by atoms with Gasteiger partial charge in [-0.2, -0.15) is 0 Å². The lowest BCUT2D eigenvalue weighted by molar-refractivity contribution is -0.870. The summed E-state index contributed by atoms with van der Waals surface area (Å²) in [5, 5.41) is 0. The third-order valence-electron chi connectivity index (χ3n) is 4.24. The van der Waals surface area contributed by atoms with E-state index in [1.807, 2.05) is 12.2 Å². The summed E-state index contributed by atoms with van der Waals surface area (Å²) in [5.74, 6) is -0.153. The van der Waals surface area contributed by atoms with Crippen molar-refractivity contribution in [3.8, 4) is 0 Å². The first-order valence-corrected chi connectivity index (χ1v) is 11.2. The maximum atomic E-state index is 11.6. The van der Waals surface area contributed by atoms with E-state index in [0.717, 1.165) is 49.6 Å². The zero-order valence-corrected chi connectivity index (χ0v) is 20.0.